The number of carbonyl (C=O) groups is 1. The van der Waals surface area contributed by atoms with E-state index in [1.54, 1.807) is 6.20 Å². The lowest BCUT2D eigenvalue weighted by Gasteiger charge is -2.35. The predicted octanol–water partition coefficient (Wildman–Crippen LogP) is 3.08. The maximum Gasteiger partial charge on any atom is 0.260 e. The van der Waals surface area contributed by atoms with Crippen LogP contribution in [0, 0.1) is 13.8 Å². The van der Waals surface area contributed by atoms with E-state index in [1.165, 1.54) is 5.56 Å². The van der Waals surface area contributed by atoms with Crippen molar-refractivity contribution >= 4 is 23.3 Å². The molecule has 0 spiro atoms. The van der Waals surface area contributed by atoms with Crippen molar-refractivity contribution in [2.24, 2.45) is 0 Å². The van der Waals surface area contributed by atoms with Crippen LogP contribution >= 0.6 is 11.6 Å². The van der Waals surface area contributed by atoms with E-state index in [0.717, 1.165) is 30.2 Å². The summed E-state index contributed by atoms with van der Waals surface area (Å²) in [7, 11) is 0. The molecule has 2 heterocycles. The number of benzene rings is 1. The second-order valence-corrected chi connectivity index (χ2v) is 6.70. The quantitative estimate of drug-likeness (QED) is 0.841. The Bertz CT molecular complexity index is 741. The van der Waals surface area contributed by atoms with Gasteiger partial charge in [-0.2, -0.15) is 0 Å². The molecule has 5 nitrogen and oxygen atoms in total. The first kappa shape index (κ1) is 17.5. The van der Waals surface area contributed by atoms with Gasteiger partial charge < -0.3 is 14.5 Å². The lowest BCUT2D eigenvalue weighted by atomic mass is 10.1. The highest BCUT2D eigenvalue weighted by molar-refractivity contribution is 6.30. The van der Waals surface area contributed by atoms with Crippen LogP contribution < -0.4 is 9.64 Å². The van der Waals surface area contributed by atoms with Gasteiger partial charge >= 0.3 is 0 Å². The standard InChI is InChI=1S/C19H22ClN3O2/c1-14-3-5-17(15(2)11-14)25-13-19(24)23-9-7-22(8-10-23)18-6-4-16(20)12-21-18/h3-6,11-12H,7-10,13H2,1-2H3. The summed E-state index contributed by atoms with van der Waals surface area (Å²) in [5.74, 6) is 1.68. The van der Waals surface area contributed by atoms with Crippen molar-refractivity contribution in [1.29, 1.82) is 0 Å². The van der Waals surface area contributed by atoms with Gasteiger partial charge in [-0.15, -0.1) is 0 Å². The molecule has 2 aromatic rings. The molecule has 0 unspecified atom stereocenters. The molecule has 132 valence electrons. The summed E-state index contributed by atoms with van der Waals surface area (Å²) >= 11 is 5.87. The van der Waals surface area contributed by atoms with Gasteiger partial charge in [0.05, 0.1) is 5.02 Å². The molecule has 1 saturated heterocycles. The van der Waals surface area contributed by atoms with Crippen molar-refractivity contribution in [3.63, 3.8) is 0 Å². The first-order chi connectivity index (χ1) is 12.0. The van der Waals surface area contributed by atoms with Crippen LogP contribution in [0.2, 0.25) is 5.02 Å². The van der Waals surface area contributed by atoms with Gasteiger partial charge in [0.2, 0.25) is 0 Å². The molecule has 0 N–H and O–H groups in total. The molecule has 3 rings (SSSR count). The van der Waals surface area contributed by atoms with Gasteiger partial charge in [-0.3, -0.25) is 4.79 Å². The zero-order chi connectivity index (χ0) is 17.8. The third kappa shape index (κ3) is 4.42. The van der Waals surface area contributed by atoms with E-state index in [9.17, 15) is 4.79 Å². The highest BCUT2D eigenvalue weighted by Crippen LogP contribution is 2.19. The molecule has 1 aromatic heterocycles. The van der Waals surface area contributed by atoms with Gasteiger partial charge in [0.1, 0.15) is 11.6 Å². The van der Waals surface area contributed by atoms with Gasteiger partial charge in [0, 0.05) is 32.4 Å². The van der Waals surface area contributed by atoms with E-state index < -0.39 is 0 Å². The molecule has 0 aliphatic carbocycles. The molecule has 0 radical (unpaired) electrons. The molecule has 0 atom stereocenters. The first-order valence-electron chi connectivity index (χ1n) is 8.37. The van der Waals surface area contributed by atoms with E-state index >= 15 is 0 Å². The minimum atomic E-state index is 0.0173. The maximum atomic E-state index is 12.4. The van der Waals surface area contributed by atoms with Crippen LogP contribution in [0.5, 0.6) is 5.75 Å². The van der Waals surface area contributed by atoms with Crippen molar-refractivity contribution in [1.82, 2.24) is 9.88 Å². The molecule has 1 amide bonds. The number of hydrogen-bond acceptors (Lipinski definition) is 4. The third-order valence-electron chi connectivity index (χ3n) is 4.35. The summed E-state index contributed by atoms with van der Waals surface area (Å²) in [6, 6.07) is 9.70. The van der Waals surface area contributed by atoms with E-state index in [1.807, 2.05) is 43.0 Å². The minimum Gasteiger partial charge on any atom is -0.484 e. The Hall–Kier alpha value is -2.27. The summed E-state index contributed by atoms with van der Waals surface area (Å²) in [6.07, 6.45) is 1.65. The van der Waals surface area contributed by atoms with Gasteiger partial charge in [0.25, 0.3) is 5.91 Å². The maximum absolute atomic E-state index is 12.4. The topological polar surface area (TPSA) is 45.7 Å². The van der Waals surface area contributed by atoms with Crippen LogP contribution in [0.15, 0.2) is 36.5 Å². The van der Waals surface area contributed by atoms with Crippen LogP contribution in [0.25, 0.3) is 0 Å². The Kier molecular flexibility index (Phi) is 5.43. The summed E-state index contributed by atoms with van der Waals surface area (Å²) in [5.41, 5.74) is 2.23. The van der Waals surface area contributed by atoms with Crippen LogP contribution in [0.3, 0.4) is 0 Å². The third-order valence-corrected chi connectivity index (χ3v) is 4.57. The van der Waals surface area contributed by atoms with Crippen molar-refractivity contribution in [2.75, 3.05) is 37.7 Å². The first-order valence-corrected chi connectivity index (χ1v) is 8.75. The average Bonchev–Trinajstić information content (AvgIpc) is 2.61. The molecule has 6 heteroatoms. The second-order valence-electron chi connectivity index (χ2n) is 6.26. The van der Waals surface area contributed by atoms with E-state index in [0.29, 0.717) is 18.1 Å². The largest absolute Gasteiger partial charge is 0.484 e. The van der Waals surface area contributed by atoms with E-state index in [-0.39, 0.29) is 12.5 Å². The van der Waals surface area contributed by atoms with Crippen molar-refractivity contribution in [3.05, 3.63) is 52.7 Å². The number of aromatic nitrogens is 1. The Labute approximate surface area is 153 Å². The summed E-state index contributed by atoms with van der Waals surface area (Å²) < 4.78 is 5.70. The number of carbonyl (C=O) groups excluding carboxylic acids is 1. The molecule has 1 aliphatic rings. The number of pyridine rings is 1. The Balaban J connectivity index is 1.50. The van der Waals surface area contributed by atoms with Crippen LogP contribution in [0.4, 0.5) is 5.82 Å². The Morgan fingerprint density at radius 1 is 1.16 bits per heavy atom. The fourth-order valence-electron chi connectivity index (χ4n) is 2.93. The summed E-state index contributed by atoms with van der Waals surface area (Å²) in [4.78, 5) is 20.7. The van der Waals surface area contributed by atoms with Gasteiger partial charge in [-0.1, -0.05) is 29.3 Å². The number of ether oxygens (including phenoxy) is 1. The highest BCUT2D eigenvalue weighted by Gasteiger charge is 2.22. The van der Waals surface area contributed by atoms with Gasteiger partial charge in [-0.25, -0.2) is 4.98 Å². The number of anilines is 1. The summed E-state index contributed by atoms with van der Waals surface area (Å²) in [6.45, 7) is 6.94. The molecule has 1 aliphatic heterocycles. The molecular formula is C19H22ClN3O2. The zero-order valence-electron chi connectivity index (χ0n) is 14.5. The smallest absolute Gasteiger partial charge is 0.260 e. The number of piperazine rings is 1. The van der Waals surface area contributed by atoms with Crippen molar-refractivity contribution in [3.8, 4) is 5.75 Å². The Morgan fingerprint density at radius 2 is 1.92 bits per heavy atom. The molecule has 0 bridgehead atoms. The molecule has 1 fully saturated rings. The van der Waals surface area contributed by atoms with Crippen molar-refractivity contribution in [2.45, 2.75) is 13.8 Å². The average molecular weight is 360 g/mol. The molecule has 0 saturated carbocycles. The highest BCUT2D eigenvalue weighted by atomic mass is 35.5. The number of rotatable bonds is 4. The number of halogens is 1. The number of hydrogen-bond donors (Lipinski definition) is 0. The second kappa shape index (κ2) is 7.74. The molecule has 1 aromatic carbocycles. The Morgan fingerprint density at radius 3 is 2.56 bits per heavy atom. The zero-order valence-corrected chi connectivity index (χ0v) is 15.3. The van der Waals surface area contributed by atoms with E-state index in [2.05, 4.69) is 16.0 Å². The summed E-state index contributed by atoms with van der Waals surface area (Å²) in [5, 5.41) is 0.626. The fourth-order valence-corrected chi connectivity index (χ4v) is 3.04. The minimum absolute atomic E-state index is 0.0173. The van der Waals surface area contributed by atoms with Gasteiger partial charge in [0.15, 0.2) is 6.61 Å². The monoisotopic (exact) mass is 359 g/mol. The van der Waals surface area contributed by atoms with Crippen LogP contribution in [0.1, 0.15) is 11.1 Å². The lowest BCUT2D eigenvalue weighted by molar-refractivity contribution is -0.133. The van der Waals surface area contributed by atoms with Crippen LogP contribution in [-0.4, -0.2) is 48.6 Å². The van der Waals surface area contributed by atoms with Gasteiger partial charge in [-0.05, 0) is 37.6 Å². The predicted molar refractivity (Wildman–Crippen MR) is 99.5 cm³/mol. The SMILES string of the molecule is Cc1ccc(OCC(=O)N2CCN(c3ccc(Cl)cn3)CC2)c(C)c1. The van der Waals surface area contributed by atoms with Crippen molar-refractivity contribution < 1.29 is 9.53 Å². The fraction of sp³-hybridized carbons (Fsp3) is 0.368. The number of nitrogens with zero attached hydrogens (tertiary/aromatic N) is 3. The number of aryl methyl sites for hydroxylation is 2. The van der Waals surface area contributed by atoms with E-state index in [4.69, 9.17) is 16.3 Å². The lowest BCUT2D eigenvalue weighted by Crippen LogP contribution is -2.50. The normalized spacial score (nSPS) is 14.5. The van der Waals surface area contributed by atoms with Crippen LogP contribution in [-0.2, 0) is 4.79 Å². The number of amides is 1. The molecular weight excluding hydrogens is 338 g/mol. The molecule has 25 heavy (non-hydrogen) atoms.